The van der Waals surface area contributed by atoms with Gasteiger partial charge in [0, 0.05) is 25.5 Å². The highest BCUT2D eigenvalue weighted by Gasteiger charge is 2.32. The Hall–Kier alpha value is -2.92. The summed E-state index contributed by atoms with van der Waals surface area (Å²) in [6.07, 6.45) is 8.04. The highest BCUT2D eigenvalue weighted by Crippen LogP contribution is 2.33. The minimum Gasteiger partial charge on any atom is -0.474 e. The van der Waals surface area contributed by atoms with Crippen LogP contribution in [0.15, 0.2) is 36.8 Å². The molecule has 0 unspecified atom stereocenters. The number of piperidine rings is 1. The number of rotatable bonds is 8. The van der Waals surface area contributed by atoms with Gasteiger partial charge in [0.15, 0.2) is 0 Å². The van der Waals surface area contributed by atoms with E-state index < -0.39 is 11.5 Å². The number of nitrogens with zero attached hydrogens (tertiary/aromatic N) is 5. The van der Waals surface area contributed by atoms with Crippen molar-refractivity contribution in [2.45, 2.75) is 43.9 Å². The lowest BCUT2D eigenvalue weighted by molar-refractivity contribution is -0.0315. The van der Waals surface area contributed by atoms with E-state index in [1.807, 2.05) is 0 Å². The smallest absolute Gasteiger partial charge is 0.262 e. The molecule has 1 aromatic carbocycles. The van der Waals surface area contributed by atoms with Crippen molar-refractivity contribution in [2.24, 2.45) is 0 Å². The van der Waals surface area contributed by atoms with Crippen LogP contribution in [-0.4, -0.2) is 67.5 Å². The molecule has 2 fully saturated rings. The monoisotopic (exact) mass is 531 g/mol. The second-order valence-corrected chi connectivity index (χ2v) is 10.2. The largest absolute Gasteiger partial charge is 0.474 e. The van der Waals surface area contributed by atoms with Crippen LogP contribution in [0.2, 0.25) is 10.0 Å². The molecular formula is C24H27Cl2N7O3. The molecule has 1 saturated heterocycles. The van der Waals surface area contributed by atoms with Crippen LogP contribution in [0.4, 0.5) is 17.3 Å². The maximum Gasteiger partial charge on any atom is 0.262 e. The molecule has 1 saturated carbocycles. The number of para-hydroxylation sites is 1. The van der Waals surface area contributed by atoms with E-state index in [1.165, 1.54) is 6.20 Å². The van der Waals surface area contributed by atoms with Gasteiger partial charge in [0.2, 0.25) is 11.8 Å². The van der Waals surface area contributed by atoms with Crippen molar-refractivity contribution in [3.05, 3.63) is 52.4 Å². The van der Waals surface area contributed by atoms with Crippen LogP contribution >= 0.6 is 23.2 Å². The molecule has 5 rings (SSSR count). The van der Waals surface area contributed by atoms with Crippen LogP contribution in [0, 0.1) is 0 Å². The molecule has 2 aliphatic rings. The fourth-order valence-corrected chi connectivity index (χ4v) is 4.44. The zero-order valence-electron chi connectivity index (χ0n) is 19.7. The molecule has 2 aromatic heterocycles. The fourth-order valence-electron chi connectivity index (χ4n) is 3.95. The van der Waals surface area contributed by atoms with Gasteiger partial charge in [-0.15, -0.1) is 0 Å². The first-order valence-corrected chi connectivity index (χ1v) is 12.5. The summed E-state index contributed by atoms with van der Waals surface area (Å²) in [5, 5.41) is 21.7. The number of halogens is 2. The van der Waals surface area contributed by atoms with Crippen molar-refractivity contribution < 1.29 is 14.6 Å². The molecule has 1 amide bonds. The van der Waals surface area contributed by atoms with E-state index in [0.717, 1.165) is 25.9 Å². The van der Waals surface area contributed by atoms with Crippen LogP contribution in [0.1, 0.15) is 36.0 Å². The molecular weight excluding hydrogens is 505 g/mol. The number of aliphatic hydroxyl groups is 1. The summed E-state index contributed by atoms with van der Waals surface area (Å²) < 4.78 is 7.62. The van der Waals surface area contributed by atoms with E-state index in [9.17, 15) is 9.90 Å². The number of ether oxygens (including phenoxy) is 1. The number of anilines is 3. The summed E-state index contributed by atoms with van der Waals surface area (Å²) in [6, 6.07) is 4.97. The van der Waals surface area contributed by atoms with Crippen molar-refractivity contribution in [3.63, 3.8) is 0 Å². The molecule has 10 nitrogen and oxygen atoms in total. The van der Waals surface area contributed by atoms with Crippen molar-refractivity contribution in [2.75, 3.05) is 30.8 Å². The van der Waals surface area contributed by atoms with Gasteiger partial charge in [-0.25, -0.2) is 4.98 Å². The van der Waals surface area contributed by atoms with Crippen LogP contribution in [-0.2, 0) is 6.54 Å². The SMILES string of the molecule is CN1CCC(O)(Cn2cc(Nc3ncc(C(=O)Nc4c(Cl)cccc4Cl)c(OC4CC4)n3)cn2)CC1. The molecule has 190 valence electrons. The zero-order valence-corrected chi connectivity index (χ0v) is 21.3. The molecule has 3 aromatic rings. The molecule has 3 N–H and O–H groups in total. The third-order valence-electron chi connectivity index (χ3n) is 6.27. The summed E-state index contributed by atoms with van der Waals surface area (Å²) in [4.78, 5) is 23.9. The number of carbonyl (C=O) groups excluding carboxylic acids is 1. The van der Waals surface area contributed by atoms with Crippen LogP contribution in [0.5, 0.6) is 5.88 Å². The summed E-state index contributed by atoms with van der Waals surface area (Å²) in [6.45, 7) is 2.11. The Morgan fingerprint density at radius 2 is 1.94 bits per heavy atom. The maximum absolute atomic E-state index is 13.0. The summed E-state index contributed by atoms with van der Waals surface area (Å²) in [5.74, 6) is -0.0503. The predicted molar refractivity (Wildman–Crippen MR) is 137 cm³/mol. The molecule has 1 aliphatic heterocycles. The third kappa shape index (κ3) is 5.89. The Labute approximate surface area is 218 Å². The highest BCUT2D eigenvalue weighted by atomic mass is 35.5. The number of aromatic nitrogens is 4. The number of amides is 1. The van der Waals surface area contributed by atoms with E-state index in [4.69, 9.17) is 27.9 Å². The van der Waals surface area contributed by atoms with Crippen molar-refractivity contribution in [1.29, 1.82) is 0 Å². The average molecular weight is 532 g/mol. The standard InChI is InChI=1S/C24H27Cl2N7O3/c1-32-9-7-24(35,8-10-32)14-33-13-15(11-28-33)29-23-27-12-17(22(31-23)36-16-5-6-16)21(34)30-20-18(25)3-2-4-19(20)26/h2-4,11-13,16,35H,5-10,14H2,1H3,(H,30,34)(H,27,29,31). The minimum absolute atomic E-state index is 0.0150. The number of hydrogen-bond acceptors (Lipinski definition) is 8. The van der Waals surface area contributed by atoms with E-state index in [0.29, 0.717) is 40.8 Å². The van der Waals surface area contributed by atoms with Crippen LogP contribution < -0.4 is 15.4 Å². The first kappa shape index (κ1) is 24.8. The lowest BCUT2D eigenvalue weighted by atomic mass is 9.92. The second-order valence-electron chi connectivity index (χ2n) is 9.36. The second kappa shape index (κ2) is 10.2. The molecule has 0 spiro atoms. The van der Waals surface area contributed by atoms with Crippen molar-refractivity contribution in [1.82, 2.24) is 24.6 Å². The van der Waals surface area contributed by atoms with E-state index in [1.54, 1.807) is 35.3 Å². The number of nitrogens with one attached hydrogen (secondary N) is 2. The van der Waals surface area contributed by atoms with E-state index >= 15 is 0 Å². The normalized spacial score (nSPS) is 17.6. The maximum atomic E-state index is 13.0. The minimum atomic E-state index is -0.781. The van der Waals surface area contributed by atoms with Gasteiger partial charge >= 0.3 is 0 Å². The van der Waals surface area contributed by atoms with Crippen molar-refractivity contribution >= 4 is 46.4 Å². The number of benzene rings is 1. The molecule has 0 atom stereocenters. The Bertz CT molecular complexity index is 1240. The predicted octanol–water partition coefficient (Wildman–Crippen LogP) is 3.97. The van der Waals surface area contributed by atoms with Gasteiger partial charge in [-0.1, -0.05) is 29.3 Å². The van der Waals surface area contributed by atoms with E-state index in [2.05, 4.69) is 37.6 Å². The van der Waals surface area contributed by atoms with Crippen LogP contribution in [0.25, 0.3) is 0 Å². The number of carbonyl (C=O) groups is 1. The summed E-state index contributed by atoms with van der Waals surface area (Å²) >= 11 is 12.4. The Morgan fingerprint density at radius 3 is 2.64 bits per heavy atom. The number of likely N-dealkylation sites (tertiary alicyclic amines) is 1. The Balaban J connectivity index is 1.30. The van der Waals surface area contributed by atoms with Crippen molar-refractivity contribution in [3.8, 4) is 5.88 Å². The van der Waals surface area contributed by atoms with Gasteiger partial charge in [0.25, 0.3) is 5.91 Å². The third-order valence-corrected chi connectivity index (χ3v) is 6.90. The molecule has 12 heteroatoms. The molecule has 0 radical (unpaired) electrons. The quantitative estimate of drug-likeness (QED) is 0.399. The van der Waals surface area contributed by atoms with Gasteiger partial charge in [0.1, 0.15) is 11.7 Å². The zero-order chi connectivity index (χ0) is 25.3. The lowest BCUT2D eigenvalue weighted by Gasteiger charge is -2.36. The molecule has 0 bridgehead atoms. The fraction of sp³-hybridized carbons (Fsp3) is 0.417. The van der Waals surface area contributed by atoms with Crippen LogP contribution in [0.3, 0.4) is 0 Å². The van der Waals surface area contributed by atoms with Gasteiger partial charge in [-0.2, -0.15) is 10.1 Å². The topological polar surface area (TPSA) is 117 Å². The Kier molecular flexibility index (Phi) is 7.03. The summed E-state index contributed by atoms with van der Waals surface area (Å²) in [7, 11) is 2.05. The molecule has 1 aliphatic carbocycles. The highest BCUT2D eigenvalue weighted by molar-refractivity contribution is 6.40. The lowest BCUT2D eigenvalue weighted by Crippen LogP contribution is -2.45. The molecule has 3 heterocycles. The van der Waals surface area contributed by atoms with Gasteiger partial charge in [-0.05, 0) is 44.9 Å². The summed E-state index contributed by atoms with van der Waals surface area (Å²) in [5.41, 5.74) is 0.355. The van der Waals surface area contributed by atoms with Gasteiger partial charge < -0.3 is 25.4 Å². The Morgan fingerprint density at radius 1 is 1.22 bits per heavy atom. The molecule has 36 heavy (non-hydrogen) atoms. The number of hydrogen-bond donors (Lipinski definition) is 3. The van der Waals surface area contributed by atoms with E-state index in [-0.39, 0.29) is 23.5 Å². The first-order valence-electron chi connectivity index (χ1n) is 11.8. The van der Waals surface area contributed by atoms with Gasteiger partial charge in [0.05, 0.1) is 39.8 Å². The van der Waals surface area contributed by atoms with Gasteiger partial charge in [-0.3, -0.25) is 9.48 Å². The average Bonchev–Trinajstić information content (AvgIpc) is 3.56. The first-order chi connectivity index (χ1) is 17.3.